The number of fused-ring (bicyclic) bond motifs is 1. The molecule has 5 nitrogen and oxygen atoms in total. The number of hydrogen-bond donors (Lipinski definition) is 1. The zero-order chi connectivity index (χ0) is 16.8. The fourth-order valence-electron chi connectivity index (χ4n) is 4.82. The van der Waals surface area contributed by atoms with Gasteiger partial charge in [0, 0.05) is 38.8 Å². The van der Waals surface area contributed by atoms with Crippen LogP contribution in [0.1, 0.15) is 58.3 Å². The first-order chi connectivity index (χ1) is 11.8. The van der Waals surface area contributed by atoms with Crippen molar-refractivity contribution in [3.8, 4) is 0 Å². The second-order valence-corrected chi connectivity index (χ2v) is 7.69. The minimum absolute atomic E-state index is 0.130. The van der Waals surface area contributed by atoms with Crippen molar-refractivity contribution in [2.75, 3.05) is 39.3 Å². The number of rotatable bonds is 6. The molecule has 1 N–H and O–H groups in total. The lowest BCUT2D eigenvalue weighted by molar-refractivity contribution is 0.0165. The molecule has 1 saturated carbocycles. The predicted octanol–water partition coefficient (Wildman–Crippen LogP) is 2.85. The molecule has 2 amide bonds. The molecule has 3 aliphatic rings. The van der Waals surface area contributed by atoms with Crippen LogP contribution in [-0.4, -0.2) is 67.3 Å². The molecule has 5 heteroatoms. The largest absolute Gasteiger partial charge is 0.378 e. The van der Waals surface area contributed by atoms with Gasteiger partial charge < -0.3 is 15.0 Å². The fraction of sp³-hybridized carbons (Fsp3) is 0.947. The van der Waals surface area contributed by atoms with Crippen molar-refractivity contribution in [3.05, 3.63) is 0 Å². The molecular formula is C19H35N3O2. The minimum Gasteiger partial charge on any atom is -0.378 e. The van der Waals surface area contributed by atoms with Crippen molar-refractivity contribution in [2.45, 2.75) is 70.4 Å². The highest BCUT2D eigenvalue weighted by molar-refractivity contribution is 5.74. The van der Waals surface area contributed by atoms with E-state index in [1.807, 2.05) is 4.90 Å². The van der Waals surface area contributed by atoms with Crippen molar-refractivity contribution in [2.24, 2.45) is 5.92 Å². The van der Waals surface area contributed by atoms with Crippen LogP contribution in [0.2, 0.25) is 0 Å². The molecule has 2 atom stereocenters. The summed E-state index contributed by atoms with van der Waals surface area (Å²) in [4.78, 5) is 17.2. The Bertz CT molecular complexity index is 398. The number of nitrogens with zero attached hydrogens (tertiary/aromatic N) is 2. The second kappa shape index (κ2) is 9.04. The third-order valence-electron chi connectivity index (χ3n) is 6.10. The number of amides is 2. The maximum absolute atomic E-state index is 12.6. The standard InChI is InChI=1S/C19H35N3O2/c1-2-24-18(16-7-3-4-8-16)10-11-20-19(23)22-14-6-13-21-12-5-9-17(21)15-22/h16-18H,2-15H2,1H3,(H,20,23)/t17-,18-/m0/s1. The molecule has 0 unspecified atom stereocenters. The van der Waals surface area contributed by atoms with E-state index in [0.717, 1.165) is 45.6 Å². The van der Waals surface area contributed by atoms with Gasteiger partial charge in [-0.2, -0.15) is 0 Å². The first-order valence-electron chi connectivity index (χ1n) is 10.2. The average Bonchev–Trinajstić information content (AvgIpc) is 3.22. The molecule has 0 radical (unpaired) electrons. The maximum Gasteiger partial charge on any atom is 0.317 e. The lowest BCUT2D eigenvalue weighted by Crippen LogP contribution is -2.45. The van der Waals surface area contributed by atoms with Gasteiger partial charge in [0.25, 0.3) is 0 Å². The summed E-state index contributed by atoms with van der Waals surface area (Å²) in [6, 6.07) is 0.721. The van der Waals surface area contributed by atoms with Gasteiger partial charge in [-0.1, -0.05) is 12.8 Å². The van der Waals surface area contributed by atoms with E-state index < -0.39 is 0 Å². The highest BCUT2D eigenvalue weighted by atomic mass is 16.5. The summed E-state index contributed by atoms with van der Waals surface area (Å²) in [5, 5.41) is 3.16. The molecule has 0 aromatic carbocycles. The molecule has 2 saturated heterocycles. The zero-order valence-corrected chi connectivity index (χ0v) is 15.3. The van der Waals surface area contributed by atoms with Gasteiger partial charge >= 0.3 is 6.03 Å². The molecule has 0 aromatic heterocycles. The molecule has 2 aliphatic heterocycles. The second-order valence-electron chi connectivity index (χ2n) is 7.69. The van der Waals surface area contributed by atoms with Crippen LogP contribution in [-0.2, 0) is 4.74 Å². The lowest BCUT2D eigenvalue weighted by Gasteiger charge is -2.27. The van der Waals surface area contributed by atoms with Crippen LogP contribution in [0.15, 0.2) is 0 Å². The Hall–Kier alpha value is -0.810. The van der Waals surface area contributed by atoms with Gasteiger partial charge in [-0.15, -0.1) is 0 Å². The van der Waals surface area contributed by atoms with Crippen molar-refractivity contribution >= 4 is 6.03 Å². The smallest absolute Gasteiger partial charge is 0.317 e. The van der Waals surface area contributed by atoms with Crippen molar-refractivity contribution in [3.63, 3.8) is 0 Å². The highest BCUT2D eigenvalue weighted by Gasteiger charge is 2.30. The first-order valence-corrected chi connectivity index (χ1v) is 10.2. The van der Waals surface area contributed by atoms with E-state index in [-0.39, 0.29) is 6.03 Å². The summed E-state index contributed by atoms with van der Waals surface area (Å²) in [5.41, 5.74) is 0. The van der Waals surface area contributed by atoms with Crippen LogP contribution in [0.3, 0.4) is 0 Å². The summed E-state index contributed by atoms with van der Waals surface area (Å²) in [6.45, 7) is 7.77. The number of carbonyl (C=O) groups is 1. The quantitative estimate of drug-likeness (QED) is 0.810. The third kappa shape index (κ3) is 4.63. The Balaban J connectivity index is 1.42. The summed E-state index contributed by atoms with van der Waals surface area (Å²) in [6.07, 6.45) is 10.2. The van der Waals surface area contributed by atoms with E-state index >= 15 is 0 Å². The summed E-state index contributed by atoms with van der Waals surface area (Å²) in [7, 11) is 0. The van der Waals surface area contributed by atoms with E-state index in [1.54, 1.807) is 0 Å². The van der Waals surface area contributed by atoms with Gasteiger partial charge in [-0.3, -0.25) is 4.90 Å². The van der Waals surface area contributed by atoms with Gasteiger partial charge in [0.2, 0.25) is 0 Å². The first kappa shape index (κ1) is 18.0. The molecule has 24 heavy (non-hydrogen) atoms. The van der Waals surface area contributed by atoms with Gasteiger partial charge in [0.15, 0.2) is 0 Å². The van der Waals surface area contributed by atoms with E-state index in [1.165, 1.54) is 45.1 Å². The Morgan fingerprint density at radius 2 is 1.92 bits per heavy atom. The van der Waals surface area contributed by atoms with E-state index in [4.69, 9.17) is 4.74 Å². The predicted molar refractivity (Wildman–Crippen MR) is 96.2 cm³/mol. The summed E-state index contributed by atoms with van der Waals surface area (Å²) in [5.74, 6) is 0.701. The van der Waals surface area contributed by atoms with Gasteiger partial charge in [0.1, 0.15) is 0 Å². The topological polar surface area (TPSA) is 44.8 Å². The van der Waals surface area contributed by atoms with Crippen molar-refractivity contribution < 1.29 is 9.53 Å². The highest BCUT2D eigenvalue weighted by Crippen LogP contribution is 2.30. The minimum atomic E-state index is 0.130. The number of urea groups is 1. The number of hydrogen-bond acceptors (Lipinski definition) is 3. The average molecular weight is 338 g/mol. The maximum atomic E-state index is 12.6. The fourth-order valence-corrected chi connectivity index (χ4v) is 4.82. The Kier molecular flexibility index (Phi) is 6.78. The van der Waals surface area contributed by atoms with E-state index in [0.29, 0.717) is 18.1 Å². The Morgan fingerprint density at radius 1 is 1.12 bits per heavy atom. The molecule has 3 fully saturated rings. The van der Waals surface area contributed by atoms with Crippen LogP contribution in [0.25, 0.3) is 0 Å². The molecule has 0 bridgehead atoms. The Morgan fingerprint density at radius 3 is 2.71 bits per heavy atom. The summed E-state index contributed by atoms with van der Waals surface area (Å²) < 4.78 is 5.96. The Labute approximate surface area is 147 Å². The number of ether oxygens (including phenoxy) is 1. The van der Waals surface area contributed by atoms with Crippen molar-refractivity contribution in [1.29, 1.82) is 0 Å². The van der Waals surface area contributed by atoms with Crippen LogP contribution in [0.4, 0.5) is 4.79 Å². The van der Waals surface area contributed by atoms with E-state index in [2.05, 4.69) is 17.1 Å². The number of nitrogens with one attached hydrogen (secondary N) is 1. The molecule has 2 heterocycles. The molecule has 1 aliphatic carbocycles. The number of carbonyl (C=O) groups excluding carboxylic acids is 1. The third-order valence-corrected chi connectivity index (χ3v) is 6.10. The van der Waals surface area contributed by atoms with Crippen LogP contribution >= 0.6 is 0 Å². The van der Waals surface area contributed by atoms with Crippen LogP contribution in [0, 0.1) is 5.92 Å². The molecule has 3 rings (SSSR count). The molecule has 0 aromatic rings. The molecular weight excluding hydrogens is 302 g/mol. The molecule has 0 spiro atoms. The normalized spacial score (nSPS) is 27.0. The van der Waals surface area contributed by atoms with Crippen molar-refractivity contribution in [1.82, 2.24) is 15.1 Å². The van der Waals surface area contributed by atoms with Gasteiger partial charge in [0.05, 0.1) is 6.10 Å². The van der Waals surface area contributed by atoms with Gasteiger partial charge in [-0.05, 0) is 57.9 Å². The van der Waals surface area contributed by atoms with E-state index in [9.17, 15) is 4.79 Å². The van der Waals surface area contributed by atoms with Gasteiger partial charge in [-0.25, -0.2) is 4.79 Å². The van der Waals surface area contributed by atoms with Crippen LogP contribution in [0.5, 0.6) is 0 Å². The zero-order valence-electron chi connectivity index (χ0n) is 15.3. The monoisotopic (exact) mass is 337 g/mol. The summed E-state index contributed by atoms with van der Waals surface area (Å²) >= 11 is 0. The SMILES string of the molecule is CCO[C@@H](CCNC(=O)N1CCCN2CCC[C@H]2C1)C1CCCC1. The van der Waals surface area contributed by atoms with Crippen LogP contribution < -0.4 is 5.32 Å². The lowest BCUT2D eigenvalue weighted by atomic mass is 9.98. The molecule has 138 valence electrons.